The largest absolute Gasteiger partial charge is 0.497 e. The molecule has 1 aromatic carbocycles. The molecule has 0 spiro atoms. The molecular formula is C17H20BrN3O3. The molecule has 1 N–H and O–H groups in total. The van der Waals surface area contributed by atoms with E-state index in [-0.39, 0.29) is 12.5 Å². The van der Waals surface area contributed by atoms with Gasteiger partial charge >= 0.3 is 0 Å². The van der Waals surface area contributed by atoms with E-state index in [2.05, 4.69) is 26.2 Å². The quantitative estimate of drug-likeness (QED) is 0.783. The smallest absolute Gasteiger partial charge is 0.239 e. The molecule has 0 aliphatic carbocycles. The summed E-state index contributed by atoms with van der Waals surface area (Å²) in [5, 5.41) is 2.77. The Morgan fingerprint density at radius 3 is 2.67 bits per heavy atom. The number of hydrogen-bond acceptors (Lipinski definition) is 5. The molecule has 1 heterocycles. The lowest BCUT2D eigenvalue weighted by molar-refractivity contribution is -0.117. The van der Waals surface area contributed by atoms with Gasteiger partial charge in [-0.15, -0.1) is 0 Å². The lowest BCUT2D eigenvalue weighted by atomic mass is 10.2. The minimum atomic E-state index is -0.125. The molecule has 7 heteroatoms. The van der Waals surface area contributed by atoms with Crippen LogP contribution in [0.2, 0.25) is 0 Å². The summed E-state index contributed by atoms with van der Waals surface area (Å²) >= 11 is 3.31. The summed E-state index contributed by atoms with van der Waals surface area (Å²) < 4.78 is 11.4. The van der Waals surface area contributed by atoms with Crippen LogP contribution in [-0.2, 0) is 11.3 Å². The van der Waals surface area contributed by atoms with E-state index in [1.54, 1.807) is 26.5 Å². The number of ether oxygens (including phenoxy) is 2. The van der Waals surface area contributed by atoms with Crippen LogP contribution in [0.15, 0.2) is 41.0 Å². The van der Waals surface area contributed by atoms with Crippen molar-refractivity contribution in [2.75, 3.05) is 33.1 Å². The molecule has 0 aliphatic rings. The van der Waals surface area contributed by atoms with Crippen molar-refractivity contribution >= 4 is 27.7 Å². The van der Waals surface area contributed by atoms with Gasteiger partial charge in [0.2, 0.25) is 5.91 Å². The third-order valence-corrected chi connectivity index (χ3v) is 3.81. The summed E-state index contributed by atoms with van der Waals surface area (Å²) in [5.41, 5.74) is 0.982. The zero-order chi connectivity index (χ0) is 17.5. The predicted molar refractivity (Wildman–Crippen MR) is 96.4 cm³/mol. The minimum absolute atomic E-state index is 0.125. The topological polar surface area (TPSA) is 63.7 Å². The number of amides is 1. The Balaban J connectivity index is 1.93. The van der Waals surface area contributed by atoms with E-state index in [1.807, 2.05) is 36.2 Å². The van der Waals surface area contributed by atoms with E-state index in [4.69, 9.17) is 9.47 Å². The first-order valence-corrected chi connectivity index (χ1v) is 8.12. The molecule has 24 heavy (non-hydrogen) atoms. The average molecular weight is 394 g/mol. The first-order valence-electron chi connectivity index (χ1n) is 7.32. The fourth-order valence-electron chi connectivity index (χ4n) is 2.21. The van der Waals surface area contributed by atoms with Crippen LogP contribution in [0.4, 0.5) is 5.82 Å². The maximum Gasteiger partial charge on any atom is 0.239 e. The van der Waals surface area contributed by atoms with E-state index < -0.39 is 0 Å². The zero-order valence-corrected chi connectivity index (χ0v) is 15.5. The summed E-state index contributed by atoms with van der Waals surface area (Å²) in [6.07, 6.45) is 1.64. The summed E-state index contributed by atoms with van der Waals surface area (Å²) in [6, 6.07) is 9.21. The third-order valence-electron chi connectivity index (χ3n) is 3.34. The molecule has 1 amide bonds. The van der Waals surface area contributed by atoms with Gasteiger partial charge in [0, 0.05) is 28.8 Å². The van der Waals surface area contributed by atoms with Crippen LogP contribution in [0.5, 0.6) is 11.5 Å². The first-order chi connectivity index (χ1) is 11.5. The number of hydrogen-bond donors (Lipinski definition) is 1. The number of nitrogens with one attached hydrogen (secondary N) is 1. The van der Waals surface area contributed by atoms with Gasteiger partial charge in [0.15, 0.2) is 0 Å². The molecule has 0 fully saturated rings. The maximum atomic E-state index is 12.1. The molecule has 0 atom stereocenters. The second-order valence-electron chi connectivity index (χ2n) is 5.26. The second-order valence-corrected chi connectivity index (χ2v) is 6.18. The van der Waals surface area contributed by atoms with Crippen molar-refractivity contribution in [1.82, 2.24) is 9.88 Å². The van der Waals surface area contributed by atoms with Gasteiger partial charge in [-0.05, 0) is 41.2 Å². The van der Waals surface area contributed by atoms with Crippen LogP contribution in [0, 0.1) is 0 Å². The number of pyridine rings is 1. The molecule has 6 nitrogen and oxygen atoms in total. The SMILES string of the molecule is COc1ccc(CN(C)CC(=O)Nc2ccc(Br)cn2)c(OC)c1. The van der Waals surface area contributed by atoms with Gasteiger partial charge in [-0.3, -0.25) is 9.69 Å². The Labute approximate surface area is 149 Å². The number of likely N-dealkylation sites (N-methyl/N-ethyl adjacent to an activating group) is 1. The van der Waals surface area contributed by atoms with Crippen LogP contribution in [-0.4, -0.2) is 43.6 Å². The van der Waals surface area contributed by atoms with Gasteiger partial charge in [0.25, 0.3) is 0 Å². The summed E-state index contributed by atoms with van der Waals surface area (Å²) in [7, 11) is 5.10. The Kier molecular flexibility index (Phi) is 6.57. The highest BCUT2D eigenvalue weighted by molar-refractivity contribution is 9.10. The number of rotatable bonds is 7. The lowest BCUT2D eigenvalue weighted by Gasteiger charge is -2.18. The van der Waals surface area contributed by atoms with Crippen molar-refractivity contribution in [1.29, 1.82) is 0 Å². The molecule has 2 aromatic rings. The van der Waals surface area contributed by atoms with Crippen LogP contribution in [0.3, 0.4) is 0 Å². The van der Waals surface area contributed by atoms with Gasteiger partial charge in [-0.25, -0.2) is 4.98 Å². The number of carbonyl (C=O) groups excluding carboxylic acids is 1. The molecular weight excluding hydrogens is 374 g/mol. The number of carbonyl (C=O) groups is 1. The van der Waals surface area contributed by atoms with Crippen molar-refractivity contribution in [3.8, 4) is 11.5 Å². The number of benzene rings is 1. The normalized spacial score (nSPS) is 10.5. The van der Waals surface area contributed by atoms with Crippen molar-refractivity contribution in [3.63, 3.8) is 0 Å². The van der Waals surface area contributed by atoms with E-state index in [0.717, 1.165) is 21.5 Å². The van der Waals surface area contributed by atoms with Crippen LogP contribution in [0.1, 0.15) is 5.56 Å². The zero-order valence-electron chi connectivity index (χ0n) is 13.9. The monoisotopic (exact) mass is 393 g/mol. The standard InChI is InChI=1S/C17H20BrN3O3/c1-21(10-12-4-6-14(23-2)8-15(12)24-3)11-17(22)20-16-7-5-13(18)9-19-16/h4-9H,10-11H2,1-3H3,(H,19,20,22). The number of methoxy groups -OCH3 is 2. The highest BCUT2D eigenvalue weighted by Gasteiger charge is 2.11. The van der Waals surface area contributed by atoms with Crippen molar-refractivity contribution < 1.29 is 14.3 Å². The van der Waals surface area contributed by atoms with Crippen molar-refractivity contribution in [3.05, 3.63) is 46.6 Å². The first kappa shape index (κ1) is 18.2. The Morgan fingerprint density at radius 2 is 2.04 bits per heavy atom. The number of nitrogens with zero attached hydrogens (tertiary/aromatic N) is 2. The van der Waals surface area contributed by atoms with Gasteiger partial charge in [0.1, 0.15) is 17.3 Å². The molecule has 0 unspecified atom stereocenters. The number of anilines is 1. The van der Waals surface area contributed by atoms with Gasteiger partial charge < -0.3 is 14.8 Å². The number of aromatic nitrogens is 1. The van der Waals surface area contributed by atoms with Crippen LogP contribution >= 0.6 is 15.9 Å². The molecule has 1 aromatic heterocycles. The second kappa shape index (κ2) is 8.65. The molecule has 0 bridgehead atoms. The molecule has 128 valence electrons. The fraction of sp³-hybridized carbons (Fsp3) is 0.294. The summed E-state index contributed by atoms with van der Waals surface area (Å²) in [5.74, 6) is 1.87. The van der Waals surface area contributed by atoms with E-state index >= 15 is 0 Å². The van der Waals surface area contributed by atoms with Crippen molar-refractivity contribution in [2.45, 2.75) is 6.54 Å². The minimum Gasteiger partial charge on any atom is -0.497 e. The summed E-state index contributed by atoms with van der Waals surface area (Å²) in [6.45, 7) is 0.821. The molecule has 2 rings (SSSR count). The highest BCUT2D eigenvalue weighted by Crippen LogP contribution is 2.25. The Bertz CT molecular complexity index is 692. The van der Waals surface area contributed by atoms with E-state index in [0.29, 0.717) is 12.4 Å². The third kappa shape index (κ3) is 5.21. The fourth-order valence-corrected chi connectivity index (χ4v) is 2.44. The molecule has 0 radical (unpaired) electrons. The van der Waals surface area contributed by atoms with Crippen molar-refractivity contribution in [2.24, 2.45) is 0 Å². The van der Waals surface area contributed by atoms with Crippen LogP contribution in [0.25, 0.3) is 0 Å². The van der Waals surface area contributed by atoms with Gasteiger partial charge in [-0.1, -0.05) is 6.07 Å². The van der Waals surface area contributed by atoms with E-state index in [1.165, 1.54) is 0 Å². The maximum absolute atomic E-state index is 12.1. The number of halogens is 1. The molecule has 0 saturated carbocycles. The predicted octanol–water partition coefficient (Wildman–Crippen LogP) is 2.93. The lowest BCUT2D eigenvalue weighted by Crippen LogP contribution is -2.30. The van der Waals surface area contributed by atoms with Gasteiger partial charge in [-0.2, -0.15) is 0 Å². The van der Waals surface area contributed by atoms with Crippen LogP contribution < -0.4 is 14.8 Å². The van der Waals surface area contributed by atoms with E-state index in [9.17, 15) is 4.79 Å². The highest BCUT2D eigenvalue weighted by atomic mass is 79.9. The molecule has 0 saturated heterocycles. The Morgan fingerprint density at radius 1 is 1.25 bits per heavy atom. The Hall–Kier alpha value is -2.12. The molecule has 0 aliphatic heterocycles. The summed E-state index contributed by atoms with van der Waals surface area (Å²) in [4.78, 5) is 18.1. The van der Waals surface area contributed by atoms with Gasteiger partial charge in [0.05, 0.1) is 20.8 Å². The average Bonchev–Trinajstić information content (AvgIpc) is 2.57.